The van der Waals surface area contributed by atoms with Crippen LogP contribution in [0.4, 0.5) is 11.4 Å². The molecule has 8 nitrogen and oxygen atoms in total. The number of aromatic nitrogens is 3. The molecule has 2 aromatic rings. The average Bonchev–Trinajstić information content (AvgIpc) is 2.91. The van der Waals surface area contributed by atoms with Crippen molar-refractivity contribution in [3.63, 3.8) is 0 Å². The molecule has 0 amide bonds. The molecule has 2 N–H and O–H groups in total. The molecule has 2 rings (SSSR count). The molecule has 0 aliphatic carbocycles. The lowest BCUT2D eigenvalue weighted by molar-refractivity contribution is -0.384. The molecule has 0 bridgehead atoms. The first-order valence-electron chi connectivity index (χ1n) is 6.17. The highest BCUT2D eigenvalue weighted by molar-refractivity contribution is 5.50. The maximum absolute atomic E-state index is 10.7. The first kappa shape index (κ1) is 13.9. The van der Waals surface area contributed by atoms with Gasteiger partial charge < -0.3 is 10.4 Å². The highest BCUT2D eigenvalue weighted by atomic mass is 16.6. The van der Waals surface area contributed by atoms with E-state index in [0.717, 1.165) is 5.69 Å². The van der Waals surface area contributed by atoms with Crippen molar-refractivity contribution in [1.29, 1.82) is 0 Å². The third-order valence-electron chi connectivity index (χ3n) is 2.66. The summed E-state index contributed by atoms with van der Waals surface area (Å²) in [7, 11) is 0. The van der Waals surface area contributed by atoms with Crippen molar-refractivity contribution >= 4 is 11.4 Å². The Kier molecular flexibility index (Phi) is 4.61. The minimum atomic E-state index is -0.434. The second-order valence-electron chi connectivity index (χ2n) is 4.21. The second-order valence-corrected chi connectivity index (χ2v) is 4.21. The van der Waals surface area contributed by atoms with Gasteiger partial charge in [0.2, 0.25) is 0 Å². The van der Waals surface area contributed by atoms with Crippen LogP contribution in [-0.2, 0) is 13.1 Å². The van der Waals surface area contributed by atoms with Gasteiger partial charge in [-0.15, -0.1) is 5.10 Å². The highest BCUT2D eigenvalue weighted by Gasteiger charge is 2.06. The molecule has 1 heterocycles. The molecule has 0 radical (unpaired) electrons. The standard InChI is InChI=1S/C12H15N5O3/c18-6-2-5-16-9-11(14-15-16)8-13-10-3-1-4-12(7-10)17(19)20/h1,3-4,7,9,13,18H,2,5-6,8H2. The fourth-order valence-corrected chi connectivity index (χ4v) is 1.68. The van der Waals surface area contributed by atoms with Crippen molar-refractivity contribution in [1.82, 2.24) is 15.0 Å². The Hall–Kier alpha value is -2.48. The summed E-state index contributed by atoms with van der Waals surface area (Å²) in [5, 5.41) is 30.3. The molecule has 1 aromatic carbocycles. The number of benzene rings is 1. The molecule has 0 saturated carbocycles. The Morgan fingerprint density at radius 3 is 3.05 bits per heavy atom. The van der Waals surface area contributed by atoms with Gasteiger partial charge >= 0.3 is 0 Å². The van der Waals surface area contributed by atoms with Crippen molar-refractivity contribution in [3.8, 4) is 0 Å². The lowest BCUT2D eigenvalue weighted by Crippen LogP contribution is -2.01. The van der Waals surface area contributed by atoms with Crippen molar-refractivity contribution in [3.05, 3.63) is 46.3 Å². The number of nitro groups is 1. The van der Waals surface area contributed by atoms with Crippen LogP contribution < -0.4 is 5.32 Å². The van der Waals surface area contributed by atoms with E-state index in [1.165, 1.54) is 12.1 Å². The van der Waals surface area contributed by atoms with Crippen LogP contribution in [0.15, 0.2) is 30.5 Å². The van der Waals surface area contributed by atoms with Crippen LogP contribution in [0.1, 0.15) is 12.1 Å². The van der Waals surface area contributed by atoms with Gasteiger partial charge in [-0.2, -0.15) is 0 Å². The van der Waals surface area contributed by atoms with Crippen LogP contribution in [0.2, 0.25) is 0 Å². The zero-order valence-electron chi connectivity index (χ0n) is 10.8. The Labute approximate surface area is 115 Å². The molecule has 20 heavy (non-hydrogen) atoms. The van der Waals surface area contributed by atoms with E-state index in [-0.39, 0.29) is 12.3 Å². The molecule has 0 unspecified atom stereocenters. The smallest absolute Gasteiger partial charge is 0.271 e. The molecule has 0 saturated heterocycles. The third-order valence-corrected chi connectivity index (χ3v) is 2.66. The summed E-state index contributed by atoms with van der Waals surface area (Å²) >= 11 is 0. The number of anilines is 1. The minimum Gasteiger partial charge on any atom is -0.396 e. The number of aliphatic hydroxyl groups excluding tert-OH is 1. The monoisotopic (exact) mass is 277 g/mol. The Morgan fingerprint density at radius 1 is 1.45 bits per heavy atom. The zero-order chi connectivity index (χ0) is 14.4. The maximum Gasteiger partial charge on any atom is 0.271 e. The molecule has 8 heteroatoms. The van der Waals surface area contributed by atoms with E-state index in [0.29, 0.717) is 25.2 Å². The first-order chi connectivity index (χ1) is 9.69. The van der Waals surface area contributed by atoms with Gasteiger partial charge in [-0.1, -0.05) is 11.3 Å². The lowest BCUT2D eigenvalue weighted by Gasteiger charge is -2.03. The molecular weight excluding hydrogens is 262 g/mol. The van der Waals surface area contributed by atoms with E-state index >= 15 is 0 Å². The van der Waals surface area contributed by atoms with Gasteiger partial charge in [-0.25, -0.2) is 0 Å². The third kappa shape index (κ3) is 3.75. The quantitative estimate of drug-likeness (QED) is 0.581. The summed E-state index contributed by atoms with van der Waals surface area (Å²) < 4.78 is 1.65. The van der Waals surface area contributed by atoms with Crippen LogP contribution in [0, 0.1) is 10.1 Å². The van der Waals surface area contributed by atoms with Gasteiger partial charge in [0, 0.05) is 31.0 Å². The van der Waals surface area contributed by atoms with Crippen LogP contribution in [0.3, 0.4) is 0 Å². The Bertz CT molecular complexity index is 584. The van der Waals surface area contributed by atoms with E-state index in [2.05, 4.69) is 15.6 Å². The number of nitrogens with zero attached hydrogens (tertiary/aromatic N) is 4. The topological polar surface area (TPSA) is 106 Å². The van der Waals surface area contributed by atoms with Gasteiger partial charge in [0.1, 0.15) is 5.69 Å². The number of hydrogen-bond acceptors (Lipinski definition) is 6. The SMILES string of the molecule is O=[N+]([O-])c1cccc(NCc2cn(CCCO)nn2)c1. The van der Waals surface area contributed by atoms with Gasteiger partial charge in [0.15, 0.2) is 0 Å². The van der Waals surface area contributed by atoms with E-state index < -0.39 is 4.92 Å². The van der Waals surface area contributed by atoms with E-state index in [1.807, 2.05) is 0 Å². The van der Waals surface area contributed by atoms with Crippen molar-refractivity contribution in [2.75, 3.05) is 11.9 Å². The number of aryl methyl sites for hydroxylation is 1. The molecule has 0 aliphatic heterocycles. The summed E-state index contributed by atoms with van der Waals surface area (Å²) in [5.41, 5.74) is 1.43. The predicted octanol–water partition coefficient (Wildman–Crippen LogP) is 1.18. The maximum atomic E-state index is 10.7. The lowest BCUT2D eigenvalue weighted by atomic mass is 10.3. The summed E-state index contributed by atoms with van der Waals surface area (Å²) in [6.07, 6.45) is 2.40. The van der Waals surface area contributed by atoms with Crippen molar-refractivity contribution in [2.24, 2.45) is 0 Å². The highest BCUT2D eigenvalue weighted by Crippen LogP contribution is 2.17. The molecule has 0 atom stereocenters. The summed E-state index contributed by atoms with van der Waals surface area (Å²) in [5.74, 6) is 0. The van der Waals surface area contributed by atoms with E-state index in [4.69, 9.17) is 5.11 Å². The number of nitro benzene ring substituents is 1. The number of rotatable bonds is 7. The van der Waals surface area contributed by atoms with Crippen LogP contribution in [-0.4, -0.2) is 31.6 Å². The zero-order valence-corrected chi connectivity index (χ0v) is 10.8. The Balaban J connectivity index is 1.93. The van der Waals surface area contributed by atoms with Crippen LogP contribution in [0.5, 0.6) is 0 Å². The van der Waals surface area contributed by atoms with Gasteiger partial charge in [-0.3, -0.25) is 14.8 Å². The molecule has 106 valence electrons. The first-order valence-corrected chi connectivity index (χ1v) is 6.17. The number of non-ortho nitro benzene ring substituents is 1. The summed E-state index contributed by atoms with van der Waals surface area (Å²) in [6.45, 7) is 1.15. The molecular formula is C12H15N5O3. The van der Waals surface area contributed by atoms with Crippen molar-refractivity contribution < 1.29 is 10.0 Å². The number of hydrogen-bond donors (Lipinski definition) is 2. The minimum absolute atomic E-state index is 0.0431. The predicted molar refractivity (Wildman–Crippen MR) is 72.1 cm³/mol. The van der Waals surface area contributed by atoms with Crippen LogP contribution in [0.25, 0.3) is 0 Å². The summed E-state index contributed by atoms with van der Waals surface area (Å²) in [4.78, 5) is 10.2. The Morgan fingerprint density at radius 2 is 2.30 bits per heavy atom. The molecule has 0 spiro atoms. The molecule has 1 aromatic heterocycles. The largest absolute Gasteiger partial charge is 0.396 e. The van der Waals surface area contributed by atoms with E-state index in [9.17, 15) is 10.1 Å². The van der Waals surface area contributed by atoms with E-state index in [1.54, 1.807) is 23.0 Å². The average molecular weight is 277 g/mol. The van der Waals surface area contributed by atoms with Gasteiger partial charge in [-0.05, 0) is 12.5 Å². The number of aliphatic hydroxyl groups is 1. The fourth-order valence-electron chi connectivity index (χ4n) is 1.68. The van der Waals surface area contributed by atoms with Gasteiger partial charge in [0.25, 0.3) is 5.69 Å². The van der Waals surface area contributed by atoms with Gasteiger partial charge in [0.05, 0.1) is 17.7 Å². The molecule has 0 aliphatic rings. The molecule has 0 fully saturated rings. The fraction of sp³-hybridized carbons (Fsp3) is 0.333. The normalized spacial score (nSPS) is 10.4. The number of nitrogens with one attached hydrogen (secondary N) is 1. The summed E-state index contributed by atoms with van der Waals surface area (Å²) in [6, 6.07) is 6.29. The van der Waals surface area contributed by atoms with Crippen molar-refractivity contribution in [2.45, 2.75) is 19.5 Å². The second kappa shape index (κ2) is 6.62. The van der Waals surface area contributed by atoms with Crippen LogP contribution >= 0.6 is 0 Å².